The molecule has 1 heterocycles. The van der Waals surface area contributed by atoms with Gasteiger partial charge in [-0.3, -0.25) is 4.79 Å². The van der Waals surface area contributed by atoms with E-state index in [2.05, 4.69) is 11.6 Å². The number of benzene rings is 2. The Hall–Kier alpha value is -2.58. The Morgan fingerprint density at radius 2 is 1.96 bits per heavy atom. The lowest BCUT2D eigenvalue weighted by Crippen LogP contribution is -2.16. The maximum atomic E-state index is 13.5. The Balaban J connectivity index is 2.07. The van der Waals surface area contributed by atoms with Gasteiger partial charge in [0.2, 0.25) is 0 Å². The minimum atomic E-state index is -3.33. The van der Waals surface area contributed by atoms with Crippen LogP contribution in [0.4, 0.5) is 4.39 Å². The van der Waals surface area contributed by atoms with Gasteiger partial charge in [0.1, 0.15) is 5.82 Å². The highest BCUT2D eigenvalue weighted by atomic mass is 32.2. The van der Waals surface area contributed by atoms with Crippen LogP contribution in [-0.2, 0) is 16.4 Å². The molecule has 0 atom stereocenters. The number of carbonyl (C=O) groups is 1. The molecular weight excluding hydrogens is 375 g/mol. The van der Waals surface area contributed by atoms with Crippen molar-refractivity contribution in [2.45, 2.75) is 11.4 Å². The maximum absolute atomic E-state index is 13.5. The summed E-state index contributed by atoms with van der Waals surface area (Å²) in [5.41, 5.74) is 1.03. The number of fused-ring (bicyclic) bond motifs is 1. The first-order chi connectivity index (χ1) is 12.3. The van der Waals surface area contributed by atoms with Crippen molar-refractivity contribution < 1.29 is 17.6 Å². The van der Waals surface area contributed by atoms with Gasteiger partial charge in [-0.25, -0.2) is 12.8 Å². The number of thiazole rings is 1. The molecule has 0 aliphatic heterocycles. The number of halogens is 1. The molecule has 2 aromatic carbocycles. The molecule has 1 aromatic heterocycles. The molecule has 0 bridgehead atoms. The number of nitrogens with zero attached hydrogens (tertiary/aromatic N) is 2. The Morgan fingerprint density at radius 3 is 2.58 bits per heavy atom. The van der Waals surface area contributed by atoms with Gasteiger partial charge in [-0.15, -0.1) is 6.58 Å². The molecular formula is C18H15FN2O3S2. The molecule has 8 heteroatoms. The summed E-state index contributed by atoms with van der Waals surface area (Å²) in [6.07, 6.45) is 2.77. The molecule has 3 rings (SSSR count). The van der Waals surface area contributed by atoms with Crippen LogP contribution in [0.25, 0.3) is 10.2 Å². The second kappa shape index (κ2) is 6.97. The number of rotatable bonds is 4. The SMILES string of the molecule is C=CCn1c(=NC(=O)c2ccc(S(C)(=O)=O)cc2)sc2cc(F)ccc21. The summed E-state index contributed by atoms with van der Waals surface area (Å²) in [6, 6.07) is 9.97. The van der Waals surface area contributed by atoms with Gasteiger partial charge in [-0.1, -0.05) is 17.4 Å². The molecule has 0 aliphatic carbocycles. The van der Waals surface area contributed by atoms with Gasteiger partial charge in [0, 0.05) is 18.4 Å². The fraction of sp³-hybridized carbons (Fsp3) is 0.111. The van der Waals surface area contributed by atoms with Crippen molar-refractivity contribution in [3.05, 3.63) is 71.3 Å². The quantitative estimate of drug-likeness (QED) is 0.643. The standard InChI is InChI=1S/C18H15FN2O3S2/c1-3-10-21-15-9-6-13(19)11-16(15)25-18(21)20-17(22)12-4-7-14(8-5-12)26(2,23)24/h3-9,11H,1,10H2,2H3. The average Bonchev–Trinajstić information content (AvgIpc) is 2.91. The van der Waals surface area contributed by atoms with Crippen LogP contribution in [0.1, 0.15) is 10.4 Å². The first-order valence-corrected chi connectivity index (χ1v) is 10.3. The zero-order valence-corrected chi connectivity index (χ0v) is 15.5. The fourth-order valence-electron chi connectivity index (χ4n) is 2.43. The first kappa shape index (κ1) is 18.2. The van der Waals surface area contributed by atoms with Crippen LogP contribution in [0.2, 0.25) is 0 Å². The molecule has 26 heavy (non-hydrogen) atoms. The van der Waals surface area contributed by atoms with Crippen LogP contribution in [0.15, 0.2) is 65.0 Å². The van der Waals surface area contributed by atoms with Crippen molar-refractivity contribution in [3.8, 4) is 0 Å². The van der Waals surface area contributed by atoms with Crippen LogP contribution in [0.5, 0.6) is 0 Å². The summed E-state index contributed by atoms with van der Waals surface area (Å²) in [5.74, 6) is -0.867. The average molecular weight is 390 g/mol. The predicted molar refractivity (Wildman–Crippen MR) is 99.4 cm³/mol. The molecule has 0 radical (unpaired) electrons. The number of hydrogen-bond donors (Lipinski definition) is 0. The van der Waals surface area contributed by atoms with Crippen LogP contribution >= 0.6 is 11.3 Å². The molecule has 1 amide bonds. The zero-order chi connectivity index (χ0) is 18.9. The lowest BCUT2D eigenvalue weighted by molar-refractivity contribution is 0.0998. The van der Waals surface area contributed by atoms with E-state index in [-0.39, 0.29) is 16.3 Å². The van der Waals surface area contributed by atoms with Crippen LogP contribution in [0, 0.1) is 5.82 Å². The molecule has 0 unspecified atom stereocenters. The second-order valence-corrected chi connectivity index (χ2v) is 8.63. The van der Waals surface area contributed by atoms with Crippen molar-refractivity contribution in [1.82, 2.24) is 4.57 Å². The molecule has 5 nitrogen and oxygen atoms in total. The number of sulfone groups is 1. The van der Waals surface area contributed by atoms with Crippen molar-refractivity contribution in [1.29, 1.82) is 0 Å². The summed E-state index contributed by atoms with van der Waals surface area (Å²) in [6.45, 7) is 4.12. The van der Waals surface area contributed by atoms with Gasteiger partial charge in [0.25, 0.3) is 5.91 Å². The van der Waals surface area contributed by atoms with E-state index >= 15 is 0 Å². The van der Waals surface area contributed by atoms with Gasteiger partial charge in [0.15, 0.2) is 14.6 Å². The highest BCUT2D eigenvalue weighted by Crippen LogP contribution is 2.19. The molecule has 0 aliphatic rings. The Labute approximate surface area is 153 Å². The smallest absolute Gasteiger partial charge is 0.279 e. The number of aromatic nitrogens is 1. The normalized spacial score (nSPS) is 12.5. The summed E-state index contributed by atoms with van der Waals surface area (Å²) >= 11 is 1.20. The van der Waals surface area contributed by atoms with E-state index in [1.807, 2.05) is 0 Å². The minimum absolute atomic E-state index is 0.133. The van der Waals surface area contributed by atoms with Crippen molar-refractivity contribution in [3.63, 3.8) is 0 Å². The Bertz CT molecular complexity index is 1170. The van der Waals surface area contributed by atoms with E-state index in [0.717, 1.165) is 11.8 Å². The van der Waals surface area contributed by atoms with Gasteiger partial charge in [-0.05, 0) is 42.5 Å². The van der Waals surface area contributed by atoms with E-state index in [9.17, 15) is 17.6 Å². The van der Waals surface area contributed by atoms with Crippen LogP contribution in [0.3, 0.4) is 0 Å². The lowest BCUT2D eigenvalue weighted by atomic mass is 10.2. The number of allylic oxidation sites excluding steroid dienone is 1. The molecule has 3 aromatic rings. The topological polar surface area (TPSA) is 68.5 Å². The second-order valence-electron chi connectivity index (χ2n) is 5.61. The fourth-order valence-corrected chi connectivity index (χ4v) is 4.13. The zero-order valence-electron chi connectivity index (χ0n) is 13.8. The molecule has 0 saturated heterocycles. The summed E-state index contributed by atoms with van der Waals surface area (Å²) < 4.78 is 38.9. The Kier molecular flexibility index (Phi) is 4.88. The van der Waals surface area contributed by atoms with E-state index in [4.69, 9.17) is 0 Å². The van der Waals surface area contributed by atoms with E-state index in [1.54, 1.807) is 16.7 Å². The summed E-state index contributed by atoms with van der Waals surface area (Å²) in [5, 5.41) is 0. The monoisotopic (exact) mass is 390 g/mol. The van der Waals surface area contributed by atoms with Crippen molar-refractivity contribution in [2.75, 3.05) is 6.26 Å². The van der Waals surface area contributed by atoms with E-state index in [0.29, 0.717) is 16.0 Å². The van der Waals surface area contributed by atoms with Crippen LogP contribution in [-0.4, -0.2) is 25.1 Å². The van der Waals surface area contributed by atoms with E-state index < -0.39 is 15.7 Å². The lowest BCUT2D eigenvalue weighted by Gasteiger charge is -2.01. The maximum Gasteiger partial charge on any atom is 0.279 e. The highest BCUT2D eigenvalue weighted by molar-refractivity contribution is 7.90. The van der Waals surface area contributed by atoms with Gasteiger partial charge in [0.05, 0.1) is 15.1 Å². The Morgan fingerprint density at radius 1 is 1.27 bits per heavy atom. The highest BCUT2D eigenvalue weighted by Gasteiger charge is 2.11. The van der Waals surface area contributed by atoms with Gasteiger partial charge in [-0.2, -0.15) is 4.99 Å². The van der Waals surface area contributed by atoms with E-state index in [1.165, 1.54) is 47.7 Å². The third-order valence-corrected chi connectivity index (χ3v) is 5.85. The summed E-state index contributed by atoms with van der Waals surface area (Å²) in [7, 11) is -3.33. The third-order valence-electron chi connectivity index (χ3n) is 3.68. The predicted octanol–water partition coefficient (Wildman–Crippen LogP) is 3.17. The van der Waals surface area contributed by atoms with Gasteiger partial charge >= 0.3 is 0 Å². The van der Waals surface area contributed by atoms with Crippen LogP contribution < -0.4 is 4.80 Å². The van der Waals surface area contributed by atoms with Gasteiger partial charge < -0.3 is 4.57 Å². The summed E-state index contributed by atoms with van der Waals surface area (Å²) in [4.78, 5) is 17.1. The number of carbonyl (C=O) groups excluding carboxylic acids is 1. The molecule has 0 N–H and O–H groups in total. The largest absolute Gasteiger partial charge is 0.312 e. The molecule has 0 fully saturated rings. The molecule has 0 saturated carbocycles. The number of amides is 1. The minimum Gasteiger partial charge on any atom is -0.312 e. The van der Waals surface area contributed by atoms with Crippen molar-refractivity contribution >= 4 is 37.3 Å². The first-order valence-electron chi connectivity index (χ1n) is 7.58. The third kappa shape index (κ3) is 3.66. The van der Waals surface area contributed by atoms with Crippen molar-refractivity contribution in [2.24, 2.45) is 4.99 Å². The molecule has 134 valence electrons. The molecule has 0 spiro atoms. The number of hydrogen-bond acceptors (Lipinski definition) is 4.